The van der Waals surface area contributed by atoms with Gasteiger partial charge in [0, 0.05) is 25.3 Å². The van der Waals surface area contributed by atoms with E-state index in [1.165, 1.54) is 0 Å². The van der Waals surface area contributed by atoms with Crippen molar-refractivity contribution in [1.82, 2.24) is 10.2 Å². The first-order valence-corrected chi connectivity index (χ1v) is 7.60. The highest BCUT2D eigenvalue weighted by Crippen LogP contribution is 2.15. The molecular formula is C16H23N3O3. The van der Waals surface area contributed by atoms with Gasteiger partial charge in [-0.1, -0.05) is 6.92 Å². The van der Waals surface area contributed by atoms with E-state index in [4.69, 9.17) is 4.74 Å². The second kappa shape index (κ2) is 7.79. The number of methoxy groups -OCH3 is 1. The van der Waals surface area contributed by atoms with E-state index in [9.17, 15) is 9.59 Å². The van der Waals surface area contributed by atoms with Crippen molar-refractivity contribution in [1.29, 1.82) is 0 Å². The van der Waals surface area contributed by atoms with Crippen molar-refractivity contribution in [3.8, 4) is 5.75 Å². The van der Waals surface area contributed by atoms with Crippen LogP contribution in [0.3, 0.4) is 0 Å². The minimum Gasteiger partial charge on any atom is -0.497 e. The van der Waals surface area contributed by atoms with Crippen LogP contribution in [0.2, 0.25) is 0 Å². The third kappa shape index (κ3) is 4.21. The Kier molecular flexibility index (Phi) is 5.77. The van der Waals surface area contributed by atoms with Crippen LogP contribution in [0, 0.1) is 0 Å². The number of amides is 2. The molecule has 2 N–H and O–H groups in total. The van der Waals surface area contributed by atoms with Crippen LogP contribution >= 0.6 is 0 Å². The third-order valence-electron chi connectivity index (χ3n) is 3.64. The molecule has 1 atom stereocenters. The zero-order valence-electron chi connectivity index (χ0n) is 13.1. The summed E-state index contributed by atoms with van der Waals surface area (Å²) in [5.74, 6) is 0.574. The highest BCUT2D eigenvalue weighted by molar-refractivity contribution is 5.95. The van der Waals surface area contributed by atoms with Gasteiger partial charge in [0.2, 0.25) is 11.8 Å². The summed E-state index contributed by atoms with van der Waals surface area (Å²) in [5.41, 5.74) is 0.694. The molecule has 1 aromatic carbocycles. The number of carbonyl (C=O) groups is 2. The molecule has 6 heteroatoms. The van der Waals surface area contributed by atoms with Crippen LogP contribution in [-0.4, -0.2) is 49.5 Å². The number of nitrogens with zero attached hydrogens (tertiary/aromatic N) is 1. The highest BCUT2D eigenvalue weighted by atomic mass is 16.5. The normalized spacial score (nSPS) is 18.2. The van der Waals surface area contributed by atoms with Crippen LogP contribution in [0.15, 0.2) is 24.3 Å². The standard InChI is InChI=1S/C16H23N3O3/c1-3-9-19-10-8-17-14(16(19)21)11-15(20)18-12-4-6-13(22-2)7-5-12/h4-7,14,17H,3,8-11H2,1-2H3,(H,18,20). The average molecular weight is 305 g/mol. The minimum absolute atomic E-state index is 0.0120. The first-order chi connectivity index (χ1) is 10.6. The zero-order valence-corrected chi connectivity index (χ0v) is 13.1. The number of hydrogen-bond donors (Lipinski definition) is 2. The van der Waals surface area contributed by atoms with E-state index >= 15 is 0 Å². The summed E-state index contributed by atoms with van der Waals surface area (Å²) < 4.78 is 5.07. The SMILES string of the molecule is CCCN1CCNC(CC(=O)Nc2ccc(OC)cc2)C1=O. The lowest BCUT2D eigenvalue weighted by molar-refractivity contribution is -0.137. The molecule has 2 rings (SSSR count). The lowest BCUT2D eigenvalue weighted by Gasteiger charge is -2.32. The molecule has 1 aromatic rings. The van der Waals surface area contributed by atoms with Crippen LogP contribution < -0.4 is 15.4 Å². The van der Waals surface area contributed by atoms with E-state index in [1.54, 1.807) is 31.4 Å². The summed E-state index contributed by atoms with van der Waals surface area (Å²) in [6.07, 6.45) is 1.07. The van der Waals surface area contributed by atoms with Crippen molar-refractivity contribution in [2.24, 2.45) is 0 Å². The van der Waals surface area contributed by atoms with E-state index in [0.717, 1.165) is 25.3 Å². The van der Waals surface area contributed by atoms with E-state index in [0.29, 0.717) is 12.2 Å². The Hall–Kier alpha value is -2.08. The quantitative estimate of drug-likeness (QED) is 0.829. The lowest BCUT2D eigenvalue weighted by atomic mass is 10.1. The fraction of sp³-hybridized carbons (Fsp3) is 0.500. The van der Waals surface area contributed by atoms with Crippen molar-refractivity contribution < 1.29 is 14.3 Å². The van der Waals surface area contributed by atoms with Gasteiger partial charge in [0.25, 0.3) is 0 Å². The van der Waals surface area contributed by atoms with E-state index < -0.39 is 6.04 Å². The summed E-state index contributed by atoms with van der Waals surface area (Å²) in [6, 6.07) is 6.68. The number of ether oxygens (including phenoxy) is 1. The van der Waals surface area contributed by atoms with E-state index in [2.05, 4.69) is 10.6 Å². The van der Waals surface area contributed by atoms with Crippen LogP contribution in [-0.2, 0) is 9.59 Å². The number of rotatable bonds is 6. The molecule has 22 heavy (non-hydrogen) atoms. The number of anilines is 1. The van der Waals surface area contributed by atoms with Gasteiger partial charge in [-0.25, -0.2) is 0 Å². The maximum absolute atomic E-state index is 12.3. The highest BCUT2D eigenvalue weighted by Gasteiger charge is 2.29. The summed E-state index contributed by atoms with van der Waals surface area (Å²) >= 11 is 0. The number of carbonyl (C=O) groups excluding carboxylic acids is 2. The van der Waals surface area contributed by atoms with Gasteiger partial charge in [-0.3, -0.25) is 9.59 Å². The Bertz CT molecular complexity index is 514. The fourth-order valence-electron chi connectivity index (χ4n) is 2.51. The topological polar surface area (TPSA) is 70.7 Å². The number of benzene rings is 1. The zero-order chi connectivity index (χ0) is 15.9. The molecule has 6 nitrogen and oxygen atoms in total. The van der Waals surface area contributed by atoms with Gasteiger partial charge in [-0.15, -0.1) is 0 Å². The van der Waals surface area contributed by atoms with Crippen LogP contribution in [0.5, 0.6) is 5.75 Å². The van der Waals surface area contributed by atoms with Gasteiger partial charge in [-0.05, 0) is 30.7 Å². The van der Waals surface area contributed by atoms with Crippen molar-refractivity contribution in [2.75, 3.05) is 32.1 Å². The number of hydrogen-bond acceptors (Lipinski definition) is 4. The van der Waals surface area contributed by atoms with E-state index in [1.807, 2.05) is 11.8 Å². The molecule has 2 amide bonds. The Morgan fingerprint density at radius 1 is 1.41 bits per heavy atom. The van der Waals surface area contributed by atoms with Crippen LogP contribution in [0.25, 0.3) is 0 Å². The van der Waals surface area contributed by atoms with Gasteiger partial charge >= 0.3 is 0 Å². The Labute approximate surface area is 130 Å². The second-order valence-corrected chi connectivity index (χ2v) is 5.31. The molecule has 1 saturated heterocycles. The summed E-state index contributed by atoms with van der Waals surface area (Å²) in [5, 5.41) is 5.92. The van der Waals surface area contributed by atoms with Gasteiger partial charge in [0.15, 0.2) is 0 Å². The van der Waals surface area contributed by atoms with Crippen LogP contribution in [0.4, 0.5) is 5.69 Å². The Morgan fingerprint density at radius 2 is 2.14 bits per heavy atom. The molecule has 0 bridgehead atoms. The Balaban J connectivity index is 1.89. The minimum atomic E-state index is -0.432. The van der Waals surface area contributed by atoms with Crippen molar-refractivity contribution in [2.45, 2.75) is 25.8 Å². The molecule has 1 unspecified atom stereocenters. The molecule has 0 spiro atoms. The van der Waals surface area contributed by atoms with Gasteiger partial charge in [-0.2, -0.15) is 0 Å². The summed E-state index contributed by atoms with van der Waals surface area (Å²) in [4.78, 5) is 26.2. The van der Waals surface area contributed by atoms with Gasteiger partial charge in [0.1, 0.15) is 5.75 Å². The first-order valence-electron chi connectivity index (χ1n) is 7.60. The average Bonchev–Trinajstić information content (AvgIpc) is 2.52. The molecular weight excluding hydrogens is 282 g/mol. The molecule has 0 saturated carbocycles. The third-order valence-corrected chi connectivity index (χ3v) is 3.64. The first kappa shape index (κ1) is 16.3. The molecule has 0 aromatic heterocycles. The number of nitrogens with one attached hydrogen (secondary N) is 2. The smallest absolute Gasteiger partial charge is 0.240 e. The maximum atomic E-state index is 12.3. The van der Waals surface area contributed by atoms with E-state index in [-0.39, 0.29) is 18.2 Å². The van der Waals surface area contributed by atoms with Gasteiger partial charge < -0.3 is 20.3 Å². The molecule has 1 aliphatic heterocycles. The van der Waals surface area contributed by atoms with Crippen molar-refractivity contribution in [3.05, 3.63) is 24.3 Å². The van der Waals surface area contributed by atoms with Crippen molar-refractivity contribution >= 4 is 17.5 Å². The van der Waals surface area contributed by atoms with Gasteiger partial charge in [0.05, 0.1) is 19.6 Å². The molecule has 1 fully saturated rings. The monoisotopic (exact) mass is 305 g/mol. The lowest BCUT2D eigenvalue weighted by Crippen LogP contribution is -2.56. The predicted molar refractivity (Wildman–Crippen MR) is 84.9 cm³/mol. The molecule has 0 radical (unpaired) electrons. The van der Waals surface area contributed by atoms with Crippen molar-refractivity contribution in [3.63, 3.8) is 0 Å². The molecule has 0 aliphatic carbocycles. The largest absolute Gasteiger partial charge is 0.497 e. The second-order valence-electron chi connectivity index (χ2n) is 5.31. The molecule has 120 valence electrons. The maximum Gasteiger partial charge on any atom is 0.240 e. The fourth-order valence-corrected chi connectivity index (χ4v) is 2.51. The summed E-state index contributed by atoms with van der Waals surface area (Å²) in [6.45, 7) is 4.23. The Morgan fingerprint density at radius 3 is 2.77 bits per heavy atom. The predicted octanol–water partition coefficient (Wildman–Crippen LogP) is 1.23. The van der Waals surface area contributed by atoms with Crippen LogP contribution in [0.1, 0.15) is 19.8 Å². The summed E-state index contributed by atoms with van der Waals surface area (Å²) in [7, 11) is 1.59. The number of piperazine rings is 1. The molecule has 1 heterocycles. The molecule has 1 aliphatic rings.